The van der Waals surface area contributed by atoms with Gasteiger partial charge in [-0.05, 0) is 24.7 Å². The van der Waals surface area contributed by atoms with Crippen molar-refractivity contribution in [2.75, 3.05) is 7.11 Å². The van der Waals surface area contributed by atoms with Crippen LogP contribution in [0.25, 0.3) is 0 Å². The highest BCUT2D eigenvalue weighted by Crippen LogP contribution is 2.31. The predicted octanol–water partition coefficient (Wildman–Crippen LogP) is 2.23. The van der Waals surface area contributed by atoms with Crippen molar-refractivity contribution in [2.45, 2.75) is 52.1 Å². The Morgan fingerprint density at radius 3 is 2.10 bits per heavy atom. The van der Waals surface area contributed by atoms with E-state index in [0.29, 0.717) is 5.92 Å². The molecule has 0 heterocycles. The molecule has 2 N–H and O–H groups in total. The van der Waals surface area contributed by atoms with Crippen LogP contribution in [-0.4, -0.2) is 30.7 Å². The summed E-state index contributed by atoms with van der Waals surface area (Å²) >= 11 is 0. The molecule has 0 radical (unpaired) electrons. The molecule has 1 atom stereocenters. The fourth-order valence-corrected chi connectivity index (χ4v) is 2.43. The van der Waals surface area contributed by atoms with E-state index >= 15 is 0 Å². The zero-order valence-corrected chi connectivity index (χ0v) is 13.0. The van der Waals surface area contributed by atoms with Crippen molar-refractivity contribution in [3.05, 3.63) is 12.2 Å². The van der Waals surface area contributed by atoms with Gasteiger partial charge in [-0.3, -0.25) is 4.79 Å². The van der Waals surface area contributed by atoms with Crippen LogP contribution in [0.3, 0.4) is 0 Å². The fourth-order valence-electron chi connectivity index (χ4n) is 2.43. The first-order valence-electron chi connectivity index (χ1n) is 7.14. The fraction of sp³-hybridized carbons (Fsp3) is 0.733. The number of carbonyl (C=O) groups is 2. The predicted molar refractivity (Wildman–Crippen MR) is 78.3 cm³/mol. The summed E-state index contributed by atoms with van der Waals surface area (Å²) in [6.07, 6.45) is 5.28. The van der Waals surface area contributed by atoms with E-state index in [2.05, 4.69) is 41.4 Å². The molecular formula is C15H26N2O3. The van der Waals surface area contributed by atoms with Crippen LogP contribution in [0.1, 0.15) is 40.5 Å². The zero-order chi connectivity index (χ0) is 15.3. The molecule has 114 valence electrons. The van der Waals surface area contributed by atoms with Gasteiger partial charge in [0, 0.05) is 5.54 Å². The minimum atomic E-state index is -0.585. The first-order valence-corrected chi connectivity index (χ1v) is 7.14. The van der Waals surface area contributed by atoms with Gasteiger partial charge in [0.2, 0.25) is 5.91 Å². The molecule has 1 unspecified atom stereocenters. The molecule has 5 heteroatoms. The van der Waals surface area contributed by atoms with Crippen molar-refractivity contribution >= 4 is 12.0 Å². The Hall–Kier alpha value is -1.52. The molecule has 0 aromatic heterocycles. The van der Waals surface area contributed by atoms with E-state index in [1.807, 2.05) is 13.8 Å². The van der Waals surface area contributed by atoms with Crippen LogP contribution in [0, 0.1) is 11.8 Å². The van der Waals surface area contributed by atoms with Gasteiger partial charge in [0.05, 0.1) is 7.11 Å². The van der Waals surface area contributed by atoms with E-state index in [1.165, 1.54) is 7.11 Å². The lowest BCUT2D eigenvalue weighted by Crippen LogP contribution is -2.58. The van der Waals surface area contributed by atoms with Gasteiger partial charge < -0.3 is 15.4 Å². The highest BCUT2D eigenvalue weighted by Gasteiger charge is 2.38. The number of carbonyl (C=O) groups excluding carboxylic acids is 2. The summed E-state index contributed by atoms with van der Waals surface area (Å²) in [5, 5.41) is 5.73. The molecule has 1 rings (SSSR count). The Balaban J connectivity index is 2.77. The van der Waals surface area contributed by atoms with E-state index in [0.717, 1.165) is 12.8 Å². The maximum atomic E-state index is 12.5. The minimum absolute atomic E-state index is 0.00678. The summed E-state index contributed by atoms with van der Waals surface area (Å²) in [4.78, 5) is 23.8. The smallest absolute Gasteiger partial charge is 0.407 e. The second kappa shape index (κ2) is 6.77. The highest BCUT2D eigenvalue weighted by atomic mass is 16.5. The van der Waals surface area contributed by atoms with Crippen LogP contribution < -0.4 is 10.6 Å². The van der Waals surface area contributed by atoms with Gasteiger partial charge in [0.1, 0.15) is 6.04 Å². The van der Waals surface area contributed by atoms with Crippen LogP contribution in [0.15, 0.2) is 12.2 Å². The van der Waals surface area contributed by atoms with Gasteiger partial charge in [-0.15, -0.1) is 0 Å². The Labute approximate surface area is 121 Å². The van der Waals surface area contributed by atoms with E-state index in [4.69, 9.17) is 0 Å². The van der Waals surface area contributed by atoms with Gasteiger partial charge in [-0.25, -0.2) is 4.79 Å². The molecule has 20 heavy (non-hydrogen) atoms. The Kier molecular flexibility index (Phi) is 5.60. The number of ether oxygens (including phenoxy) is 1. The van der Waals surface area contributed by atoms with Crippen molar-refractivity contribution in [1.29, 1.82) is 0 Å². The topological polar surface area (TPSA) is 67.4 Å². The number of hydrogen-bond acceptors (Lipinski definition) is 3. The zero-order valence-electron chi connectivity index (χ0n) is 13.0. The second-order valence-corrected chi connectivity index (χ2v) is 6.04. The Bertz CT molecular complexity index is 381. The van der Waals surface area contributed by atoms with Crippen molar-refractivity contribution < 1.29 is 14.3 Å². The molecule has 0 fully saturated rings. The quantitative estimate of drug-likeness (QED) is 0.760. The van der Waals surface area contributed by atoms with Crippen molar-refractivity contribution in [1.82, 2.24) is 10.6 Å². The largest absolute Gasteiger partial charge is 0.453 e. The molecule has 0 saturated heterocycles. The number of amides is 2. The molecule has 0 spiro atoms. The molecule has 0 aromatic rings. The van der Waals surface area contributed by atoms with Crippen molar-refractivity contribution in [2.24, 2.45) is 11.8 Å². The van der Waals surface area contributed by atoms with Crippen molar-refractivity contribution in [3.63, 3.8) is 0 Å². The van der Waals surface area contributed by atoms with Crippen LogP contribution in [-0.2, 0) is 9.53 Å². The molecule has 1 aliphatic rings. The standard InChI is InChI=1S/C15H26N2O3/c1-10(2)12(16-14(19)20-5)13(18)17-15(11(3)4)8-6-7-9-15/h6-7,10-12H,8-9H2,1-5H3,(H,16,19)(H,17,18). The summed E-state index contributed by atoms with van der Waals surface area (Å²) in [5.41, 5.74) is -0.234. The van der Waals surface area contributed by atoms with Gasteiger partial charge in [0.25, 0.3) is 0 Å². The summed E-state index contributed by atoms with van der Waals surface area (Å²) in [6, 6.07) is -0.585. The highest BCUT2D eigenvalue weighted by molar-refractivity contribution is 5.86. The minimum Gasteiger partial charge on any atom is -0.453 e. The second-order valence-electron chi connectivity index (χ2n) is 6.04. The lowest BCUT2D eigenvalue weighted by molar-refractivity contribution is -0.126. The van der Waals surface area contributed by atoms with Gasteiger partial charge in [-0.1, -0.05) is 39.8 Å². The van der Waals surface area contributed by atoms with Gasteiger partial charge in [-0.2, -0.15) is 0 Å². The van der Waals surface area contributed by atoms with Gasteiger partial charge in [0.15, 0.2) is 0 Å². The average Bonchev–Trinajstić information content (AvgIpc) is 2.84. The molecular weight excluding hydrogens is 256 g/mol. The lowest BCUT2D eigenvalue weighted by Gasteiger charge is -2.36. The number of hydrogen-bond donors (Lipinski definition) is 2. The molecule has 5 nitrogen and oxygen atoms in total. The van der Waals surface area contributed by atoms with Crippen LogP contribution >= 0.6 is 0 Å². The van der Waals surface area contributed by atoms with Crippen LogP contribution in [0.2, 0.25) is 0 Å². The Morgan fingerprint density at radius 1 is 1.15 bits per heavy atom. The van der Waals surface area contributed by atoms with E-state index in [9.17, 15) is 9.59 Å². The summed E-state index contributed by atoms with van der Waals surface area (Å²) in [6.45, 7) is 8.00. The van der Waals surface area contributed by atoms with Crippen LogP contribution in [0.5, 0.6) is 0 Å². The summed E-state index contributed by atoms with van der Waals surface area (Å²) in [7, 11) is 1.29. The third kappa shape index (κ3) is 3.74. The average molecular weight is 282 g/mol. The first kappa shape index (κ1) is 16.5. The molecule has 0 aliphatic heterocycles. The van der Waals surface area contributed by atoms with Crippen LogP contribution in [0.4, 0.5) is 4.79 Å². The monoisotopic (exact) mass is 282 g/mol. The van der Waals surface area contributed by atoms with E-state index in [1.54, 1.807) is 0 Å². The summed E-state index contributed by atoms with van der Waals surface area (Å²) in [5.74, 6) is 0.169. The SMILES string of the molecule is COC(=O)NC(C(=O)NC1(C(C)C)CC=CC1)C(C)C. The maximum Gasteiger partial charge on any atom is 0.407 e. The van der Waals surface area contributed by atoms with E-state index in [-0.39, 0.29) is 17.4 Å². The molecule has 0 bridgehead atoms. The third-order valence-corrected chi connectivity index (χ3v) is 4.02. The van der Waals surface area contributed by atoms with E-state index < -0.39 is 12.1 Å². The normalized spacial score (nSPS) is 18.1. The molecule has 0 aromatic carbocycles. The molecule has 2 amide bonds. The number of nitrogens with one attached hydrogen (secondary N) is 2. The van der Waals surface area contributed by atoms with Crippen molar-refractivity contribution in [3.8, 4) is 0 Å². The molecule has 0 saturated carbocycles. The first-order chi connectivity index (χ1) is 9.32. The number of methoxy groups -OCH3 is 1. The summed E-state index contributed by atoms with van der Waals surface area (Å²) < 4.78 is 4.58. The third-order valence-electron chi connectivity index (χ3n) is 4.02. The van der Waals surface area contributed by atoms with Gasteiger partial charge >= 0.3 is 6.09 Å². The maximum absolute atomic E-state index is 12.5. The molecule has 1 aliphatic carbocycles. The lowest BCUT2D eigenvalue weighted by atomic mass is 9.83. The number of alkyl carbamates (subject to hydrolysis) is 1. The number of rotatable bonds is 5. The Morgan fingerprint density at radius 2 is 1.70 bits per heavy atom.